The van der Waals surface area contributed by atoms with Crippen molar-refractivity contribution in [3.05, 3.63) is 29.8 Å². The van der Waals surface area contributed by atoms with Crippen LogP contribution in [0, 0.1) is 11.3 Å². The quantitative estimate of drug-likeness (QED) is 0.0793. The van der Waals surface area contributed by atoms with E-state index in [-0.39, 0.29) is 49.9 Å². The molecule has 1 aromatic carbocycles. The van der Waals surface area contributed by atoms with Gasteiger partial charge in [0.1, 0.15) is 23.9 Å². The molecule has 284 valence electrons. The van der Waals surface area contributed by atoms with Gasteiger partial charge >= 0.3 is 6.03 Å². The number of benzene rings is 1. The number of aromatic hydroxyl groups is 1. The number of amides is 6. The summed E-state index contributed by atoms with van der Waals surface area (Å²) in [5, 5.41) is 23.6. The molecule has 8 N–H and O–H groups in total. The Balaban J connectivity index is 3.18. The second-order valence-electron chi connectivity index (χ2n) is 14.5. The molecular weight excluding hydrogens is 644 g/mol. The number of hydrogen-bond donors (Lipinski definition) is 7. The highest BCUT2D eigenvalue weighted by Crippen LogP contribution is 2.17. The van der Waals surface area contributed by atoms with Gasteiger partial charge in [-0.1, -0.05) is 59.6 Å². The maximum absolute atomic E-state index is 13.8. The zero-order chi connectivity index (χ0) is 37.9. The van der Waals surface area contributed by atoms with Crippen molar-refractivity contribution in [2.24, 2.45) is 17.1 Å². The SMILES string of the molecule is CCCCCC(=O)N[C@H](C(=O)N[C@@H](CCCNC(N)=O)C(=O)N[C@@H](Cc1ccc(O)cc1)C(=O)NCC(C)(C)COCC(C)(C)OC)C(C)C. The molecular formula is C36H62N6O8. The number of phenols is 1. The van der Waals surface area contributed by atoms with E-state index in [1.54, 1.807) is 33.1 Å². The molecule has 6 amide bonds. The van der Waals surface area contributed by atoms with E-state index >= 15 is 0 Å². The Hall–Kier alpha value is -3.91. The molecule has 14 nitrogen and oxygen atoms in total. The first-order valence-corrected chi connectivity index (χ1v) is 17.5. The lowest BCUT2D eigenvalue weighted by atomic mass is 9.94. The number of carbonyl (C=O) groups is 5. The fraction of sp³-hybridized carbons (Fsp3) is 0.694. The first-order valence-electron chi connectivity index (χ1n) is 17.5. The van der Waals surface area contributed by atoms with Crippen LogP contribution < -0.4 is 32.3 Å². The van der Waals surface area contributed by atoms with Crippen LogP contribution in [-0.2, 0) is 35.1 Å². The van der Waals surface area contributed by atoms with Gasteiger partial charge in [-0.25, -0.2) is 4.79 Å². The second-order valence-corrected chi connectivity index (χ2v) is 14.5. The molecule has 0 aliphatic heterocycles. The topological polar surface area (TPSA) is 210 Å². The van der Waals surface area contributed by atoms with E-state index in [2.05, 4.69) is 26.6 Å². The number of nitrogens with two attached hydrogens (primary N) is 1. The zero-order valence-electron chi connectivity index (χ0n) is 31.3. The molecule has 0 fully saturated rings. The van der Waals surface area contributed by atoms with E-state index in [1.807, 2.05) is 34.6 Å². The van der Waals surface area contributed by atoms with Crippen molar-refractivity contribution in [2.75, 3.05) is 33.4 Å². The van der Waals surface area contributed by atoms with Crippen LogP contribution in [0.1, 0.15) is 92.6 Å². The van der Waals surface area contributed by atoms with Crippen molar-refractivity contribution in [1.29, 1.82) is 0 Å². The molecule has 0 bridgehead atoms. The van der Waals surface area contributed by atoms with Crippen LogP contribution >= 0.6 is 0 Å². The number of nitrogens with one attached hydrogen (secondary N) is 5. The van der Waals surface area contributed by atoms with Crippen LogP contribution in [0.4, 0.5) is 4.79 Å². The predicted octanol–water partition coefficient (Wildman–Crippen LogP) is 2.66. The summed E-state index contributed by atoms with van der Waals surface area (Å²) < 4.78 is 11.3. The van der Waals surface area contributed by atoms with Crippen LogP contribution in [0.15, 0.2) is 24.3 Å². The molecule has 50 heavy (non-hydrogen) atoms. The van der Waals surface area contributed by atoms with Gasteiger partial charge in [0.15, 0.2) is 0 Å². The fourth-order valence-corrected chi connectivity index (χ4v) is 4.85. The molecule has 0 saturated carbocycles. The molecule has 1 rings (SSSR count). The molecule has 0 aliphatic rings. The summed E-state index contributed by atoms with van der Waals surface area (Å²) in [6.45, 7) is 14.5. The molecule has 0 radical (unpaired) electrons. The summed E-state index contributed by atoms with van der Waals surface area (Å²) in [6.07, 6.45) is 3.34. The van der Waals surface area contributed by atoms with Gasteiger partial charge in [0.05, 0.1) is 18.8 Å². The van der Waals surface area contributed by atoms with Crippen LogP contribution in [0.25, 0.3) is 0 Å². The van der Waals surface area contributed by atoms with Crippen molar-refractivity contribution in [2.45, 2.75) is 117 Å². The normalized spacial score (nSPS) is 13.5. The lowest BCUT2D eigenvalue weighted by Crippen LogP contribution is -2.58. The minimum atomic E-state index is -1.10. The van der Waals surface area contributed by atoms with Crippen LogP contribution in [-0.4, -0.2) is 91.9 Å². The number of hydrogen-bond acceptors (Lipinski definition) is 8. The van der Waals surface area contributed by atoms with Crippen molar-refractivity contribution in [1.82, 2.24) is 26.6 Å². The van der Waals surface area contributed by atoms with Gasteiger partial charge < -0.3 is 46.9 Å². The highest BCUT2D eigenvalue weighted by atomic mass is 16.5. The maximum atomic E-state index is 13.8. The number of methoxy groups -OCH3 is 1. The highest BCUT2D eigenvalue weighted by molar-refractivity contribution is 5.94. The summed E-state index contributed by atoms with van der Waals surface area (Å²) in [7, 11) is 1.61. The van der Waals surface area contributed by atoms with Gasteiger partial charge in [-0.3, -0.25) is 19.2 Å². The second kappa shape index (κ2) is 22.0. The van der Waals surface area contributed by atoms with E-state index in [9.17, 15) is 29.1 Å². The summed E-state index contributed by atoms with van der Waals surface area (Å²) in [4.78, 5) is 64.8. The van der Waals surface area contributed by atoms with E-state index < -0.39 is 52.9 Å². The largest absolute Gasteiger partial charge is 0.508 e. The van der Waals surface area contributed by atoms with Gasteiger partial charge in [0.25, 0.3) is 0 Å². The number of phenolic OH excluding ortho intramolecular Hbond substituents is 1. The first kappa shape index (κ1) is 44.1. The number of urea groups is 1. The lowest BCUT2D eigenvalue weighted by molar-refractivity contribution is -0.134. The summed E-state index contributed by atoms with van der Waals surface area (Å²) in [6, 6.07) is 2.54. The number of carbonyl (C=O) groups excluding carboxylic acids is 5. The number of primary amides is 1. The van der Waals surface area contributed by atoms with Gasteiger partial charge in [0, 0.05) is 38.5 Å². The molecule has 0 aliphatic carbocycles. The Morgan fingerprint density at radius 3 is 2.06 bits per heavy atom. The third kappa shape index (κ3) is 18.2. The first-order chi connectivity index (χ1) is 23.4. The minimum Gasteiger partial charge on any atom is -0.508 e. The number of ether oxygens (including phenoxy) is 2. The van der Waals surface area contributed by atoms with Gasteiger partial charge in [-0.05, 0) is 56.7 Å². The Kier molecular flexibility index (Phi) is 19.4. The third-order valence-corrected chi connectivity index (χ3v) is 8.12. The van der Waals surface area contributed by atoms with Crippen molar-refractivity contribution >= 4 is 29.7 Å². The van der Waals surface area contributed by atoms with Gasteiger partial charge in [-0.2, -0.15) is 0 Å². The highest BCUT2D eigenvalue weighted by Gasteiger charge is 2.32. The van der Waals surface area contributed by atoms with Crippen molar-refractivity contribution < 1.29 is 38.6 Å². The molecule has 1 aromatic rings. The standard InChI is InChI=1S/C36H62N6O8/c1-9-10-11-14-29(44)42-30(24(2)3)33(47)40-27(13-12-19-38-34(37)48)32(46)41-28(20-25-15-17-26(43)18-16-25)31(45)39-21-35(4,5)22-50-23-36(6,7)49-8/h15-18,24,27-28,30,43H,9-14,19-23H2,1-8H3,(H,39,45)(H,40,47)(H,41,46)(H,42,44)(H3,37,38,48)/t27-,28-,30-/m0/s1. The predicted molar refractivity (Wildman–Crippen MR) is 192 cm³/mol. The van der Waals surface area contributed by atoms with E-state index in [1.165, 1.54) is 12.1 Å². The number of unbranched alkanes of at least 4 members (excludes halogenated alkanes) is 2. The van der Waals surface area contributed by atoms with Crippen LogP contribution in [0.3, 0.4) is 0 Å². The van der Waals surface area contributed by atoms with Crippen molar-refractivity contribution in [3.8, 4) is 5.75 Å². The molecule has 0 unspecified atom stereocenters. The average Bonchev–Trinajstić information content (AvgIpc) is 3.04. The minimum absolute atomic E-state index is 0.0571. The van der Waals surface area contributed by atoms with Gasteiger partial charge in [0.2, 0.25) is 23.6 Å². The van der Waals surface area contributed by atoms with Crippen molar-refractivity contribution in [3.63, 3.8) is 0 Å². The molecule has 14 heteroatoms. The summed E-state index contributed by atoms with van der Waals surface area (Å²) in [5.41, 5.74) is 4.96. The van der Waals surface area contributed by atoms with E-state index in [0.717, 1.165) is 12.8 Å². The van der Waals surface area contributed by atoms with Crippen LogP contribution in [0.5, 0.6) is 5.75 Å². The average molecular weight is 707 g/mol. The third-order valence-electron chi connectivity index (χ3n) is 8.12. The Morgan fingerprint density at radius 1 is 0.840 bits per heavy atom. The summed E-state index contributed by atoms with van der Waals surface area (Å²) in [5.74, 6) is -2.06. The molecule has 0 heterocycles. The molecule has 0 aromatic heterocycles. The smallest absolute Gasteiger partial charge is 0.312 e. The van der Waals surface area contributed by atoms with E-state index in [0.29, 0.717) is 31.6 Å². The zero-order valence-corrected chi connectivity index (χ0v) is 31.3. The van der Waals surface area contributed by atoms with E-state index in [4.69, 9.17) is 15.2 Å². The Labute approximate surface area is 297 Å². The summed E-state index contributed by atoms with van der Waals surface area (Å²) >= 11 is 0. The van der Waals surface area contributed by atoms with Gasteiger partial charge in [-0.15, -0.1) is 0 Å². The fourth-order valence-electron chi connectivity index (χ4n) is 4.85. The molecule has 0 spiro atoms. The lowest BCUT2D eigenvalue weighted by Gasteiger charge is -2.30. The Bertz CT molecular complexity index is 1220. The molecule has 3 atom stereocenters. The monoisotopic (exact) mass is 706 g/mol. The maximum Gasteiger partial charge on any atom is 0.312 e. The number of rotatable bonds is 24. The van der Waals surface area contributed by atoms with Crippen LogP contribution in [0.2, 0.25) is 0 Å². The molecule has 0 saturated heterocycles. The Morgan fingerprint density at radius 2 is 1.48 bits per heavy atom.